The minimum atomic E-state index is -2.96. The Bertz CT molecular complexity index is 1180. The van der Waals surface area contributed by atoms with Crippen LogP contribution in [0.5, 0.6) is 5.75 Å². The molecule has 0 bridgehead atoms. The van der Waals surface area contributed by atoms with Crippen LogP contribution < -0.4 is 11.5 Å². The standard InChI is InChI=1S/C23H24N2O9/c1-3-12(27)34-19-9-6-11(26)15(22(25)32)20(30)23(9,33)21(31)16-13(19)7(2)8-4-5-10(24)17(28)14(8)18(16)29/h4-5,7,9,13,15-16,19,28,33H,3,6,24H2,1-2H3,(H2,25,32)/t7-,9+,13+,15?,16?,19+,23+/m0/s1. The highest BCUT2D eigenvalue weighted by molar-refractivity contribution is 6.31. The number of nitrogens with two attached hydrogens (primary N) is 2. The lowest BCUT2D eigenvalue weighted by molar-refractivity contribution is -0.198. The molecule has 0 saturated heterocycles. The van der Waals surface area contributed by atoms with Gasteiger partial charge >= 0.3 is 5.97 Å². The number of anilines is 1. The van der Waals surface area contributed by atoms with E-state index >= 15 is 0 Å². The van der Waals surface area contributed by atoms with Gasteiger partial charge in [-0.2, -0.15) is 0 Å². The minimum absolute atomic E-state index is 0.0883. The molecule has 4 rings (SSSR count). The number of hydrogen-bond donors (Lipinski definition) is 4. The van der Waals surface area contributed by atoms with Crippen LogP contribution in [0.4, 0.5) is 5.69 Å². The molecule has 0 aromatic heterocycles. The van der Waals surface area contributed by atoms with Crippen molar-refractivity contribution in [2.45, 2.75) is 44.3 Å². The van der Waals surface area contributed by atoms with E-state index in [4.69, 9.17) is 16.2 Å². The molecular formula is C23H24N2O9. The zero-order chi connectivity index (χ0) is 25.3. The highest BCUT2D eigenvalue weighted by Gasteiger charge is 2.71. The van der Waals surface area contributed by atoms with Crippen LogP contribution in [-0.2, 0) is 28.7 Å². The van der Waals surface area contributed by atoms with E-state index in [0.717, 1.165) is 0 Å². The Morgan fingerprint density at radius 1 is 1.18 bits per heavy atom. The van der Waals surface area contributed by atoms with Gasteiger partial charge in [0, 0.05) is 24.7 Å². The van der Waals surface area contributed by atoms with Crippen molar-refractivity contribution in [2.24, 2.45) is 29.4 Å². The van der Waals surface area contributed by atoms with Gasteiger partial charge in [0.2, 0.25) is 5.91 Å². The van der Waals surface area contributed by atoms with E-state index in [1.54, 1.807) is 6.92 Å². The first-order chi connectivity index (χ1) is 15.9. The number of fused-ring (bicyclic) bond motifs is 3. The number of ether oxygens (including phenoxy) is 1. The van der Waals surface area contributed by atoms with E-state index in [1.807, 2.05) is 0 Å². The lowest BCUT2D eigenvalue weighted by Gasteiger charge is -2.53. The molecule has 6 N–H and O–H groups in total. The highest BCUT2D eigenvalue weighted by Crippen LogP contribution is 2.55. The summed E-state index contributed by atoms with van der Waals surface area (Å²) in [6.45, 7) is 3.15. The van der Waals surface area contributed by atoms with Crippen molar-refractivity contribution in [1.82, 2.24) is 0 Å². The summed E-state index contributed by atoms with van der Waals surface area (Å²) >= 11 is 0. The summed E-state index contributed by atoms with van der Waals surface area (Å²) in [5, 5.41) is 21.9. The first-order valence-electron chi connectivity index (χ1n) is 10.9. The van der Waals surface area contributed by atoms with Crippen LogP contribution in [-0.4, -0.2) is 56.9 Å². The van der Waals surface area contributed by atoms with Gasteiger partial charge < -0.3 is 26.4 Å². The molecule has 2 fully saturated rings. The molecule has 0 heterocycles. The van der Waals surface area contributed by atoms with E-state index in [9.17, 15) is 39.0 Å². The molecule has 0 aliphatic heterocycles. The summed E-state index contributed by atoms with van der Waals surface area (Å²) in [6, 6.07) is 2.89. The molecular weight excluding hydrogens is 448 g/mol. The van der Waals surface area contributed by atoms with Crippen molar-refractivity contribution in [3.63, 3.8) is 0 Å². The number of phenolic OH excluding ortho intramolecular Hbond substituents is 1. The number of aromatic hydroxyl groups is 1. The summed E-state index contributed by atoms with van der Waals surface area (Å²) in [4.78, 5) is 77.1. The molecule has 3 aliphatic rings. The van der Waals surface area contributed by atoms with Gasteiger partial charge in [0.1, 0.15) is 11.9 Å². The number of nitrogen functional groups attached to an aromatic ring is 1. The SMILES string of the molecule is CCC(=O)O[C@H]1[C@H]2C(C(=O)c3c(ccc(N)c3O)[C@@H]2C)C(=O)[C@]2(O)C(=O)C(C(N)=O)C(=O)C[C@H]12. The van der Waals surface area contributed by atoms with Crippen molar-refractivity contribution in [2.75, 3.05) is 5.73 Å². The third-order valence-corrected chi connectivity index (χ3v) is 7.42. The zero-order valence-corrected chi connectivity index (χ0v) is 18.4. The Labute approximate surface area is 193 Å². The van der Waals surface area contributed by atoms with Gasteiger partial charge in [-0.05, 0) is 17.5 Å². The molecule has 1 amide bonds. The fraction of sp³-hybridized carbons (Fsp3) is 0.478. The molecule has 0 spiro atoms. The van der Waals surface area contributed by atoms with Crippen LogP contribution in [0, 0.1) is 23.7 Å². The molecule has 34 heavy (non-hydrogen) atoms. The van der Waals surface area contributed by atoms with Crippen molar-refractivity contribution in [3.8, 4) is 5.75 Å². The normalized spacial score (nSPS) is 34.7. The number of amides is 1. The average Bonchev–Trinajstić information content (AvgIpc) is 2.77. The number of primary amides is 1. The molecule has 7 atom stereocenters. The lowest BCUT2D eigenvalue weighted by Crippen LogP contribution is -2.73. The minimum Gasteiger partial charge on any atom is -0.505 e. The van der Waals surface area contributed by atoms with Gasteiger partial charge in [-0.25, -0.2) is 0 Å². The Hall–Kier alpha value is -3.60. The number of aliphatic hydroxyl groups is 1. The van der Waals surface area contributed by atoms with E-state index in [0.29, 0.717) is 5.56 Å². The fourth-order valence-electron chi connectivity index (χ4n) is 5.73. The second kappa shape index (κ2) is 7.73. The maximum Gasteiger partial charge on any atom is 0.305 e. The van der Waals surface area contributed by atoms with Crippen LogP contribution >= 0.6 is 0 Å². The Kier molecular flexibility index (Phi) is 5.35. The third kappa shape index (κ3) is 2.92. The maximum atomic E-state index is 13.7. The molecule has 1 aromatic carbocycles. The number of hydrogen-bond acceptors (Lipinski definition) is 10. The number of ketones is 4. The Morgan fingerprint density at radius 2 is 1.82 bits per heavy atom. The van der Waals surface area contributed by atoms with E-state index in [-0.39, 0.29) is 17.7 Å². The Morgan fingerprint density at radius 3 is 2.41 bits per heavy atom. The number of phenols is 1. The number of rotatable bonds is 3. The first kappa shape index (κ1) is 23.6. The second-order valence-corrected chi connectivity index (χ2v) is 9.09. The number of benzene rings is 1. The highest BCUT2D eigenvalue weighted by atomic mass is 16.5. The molecule has 2 unspecified atom stereocenters. The quantitative estimate of drug-likeness (QED) is 0.190. The third-order valence-electron chi connectivity index (χ3n) is 7.42. The molecule has 0 radical (unpaired) electrons. The molecule has 1 aromatic rings. The van der Waals surface area contributed by atoms with Gasteiger partial charge in [-0.1, -0.05) is 19.9 Å². The van der Waals surface area contributed by atoms with E-state index in [2.05, 4.69) is 0 Å². The van der Waals surface area contributed by atoms with Gasteiger partial charge in [0.15, 0.2) is 34.7 Å². The monoisotopic (exact) mass is 472 g/mol. The van der Waals surface area contributed by atoms with Crippen LogP contribution in [0.1, 0.15) is 48.5 Å². The molecule has 2 saturated carbocycles. The maximum absolute atomic E-state index is 13.7. The second-order valence-electron chi connectivity index (χ2n) is 9.09. The fourth-order valence-corrected chi connectivity index (χ4v) is 5.73. The molecule has 11 nitrogen and oxygen atoms in total. The smallest absolute Gasteiger partial charge is 0.305 e. The summed E-state index contributed by atoms with van der Waals surface area (Å²) < 4.78 is 5.56. The summed E-state index contributed by atoms with van der Waals surface area (Å²) in [5.41, 5.74) is 7.97. The lowest BCUT2D eigenvalue weighted by atomic mass is 9.50. The summed E-state index contributed by atoms with van der Waals surface area (Å²) in [5.74, 6) is -14.1. The van der Waals surface area contributed by atoms with Gasteiger partial charge in [-0.3, -0.25) is 28.8 Å². The number of esters is 1. The predicted molar refractivity (Wildman–Crippen MR) is 113 cm³/mol. The van der Waals surface area contributed by atoms with Gasteiger partial charge in [0.25, 0.3) is 0 Å². The molecule has 11 heteroatoms. The van der Waals surface area contributed by atoms with Gasteiger partial charge in [-0.15, -0.1) is 0 Å². The van der Waals surface area contributed by atoms with Crippen molar-refractivity contribution in [3.05, 3.63) is 23.3 Å². The largest absolute Gasteiger partial charge is 0.505 e. The Balaban J connectivity index is 1.96. The van der Waals surface area contributed by atoms with Crippen molar-refractivity contribution >= 4 is 40.7 Å². The van der Waals surface area contributed by atoms with Gasteiger partial charge in [0.05, 0.1) is 17.2 Å². The molecule has 180 valence electrons. The van der Waals surface area contributed by atoms with Crippen LogP contribution in [0.15, 0.2) is 12.1 Å². The predicted octanol–water partition coefficient (Wildman–Crippen LogP) is -0.598. The zero-order valence-electron chi connectivity index (χ0n) is 18.4. The van der Waals surface area contributed by atoms with Crippen molar-refractivity contribution < 1.29 is 43.7 Å². The number of carbonyl (C=O) groups excluding carboxylic acids is 6. The summed E-state index contributed by atoms with van der Waals surface area (Å²) in [7, 11) is 0. The topological polar surface area (TPSA) is 204 Å². The molecule has 3 aliphatic carbocycles. The van der Waals surface area contributed by atoms with E-state index < -0.39 is 88.5 Å². The number of Topliss-reactive ketones (excluding diaryl/α,β-unsaturated/α-hetero) is 4. The van der Waals surface area contributed by atoms with Crippen LogP contribution in [0.25, 0.3) is 0 Å². The van der Waals surface area contributed by atoms with E-state index in [1.165, 1.54) is 19.1 Å². The first-order valence-corrected chi connectivity index (χ1v) is 10.9. The summed E-state index contributed by atoms with van der Waals surface area (Å²) in [6.07, 6.45) is -2.10. The van der Waals surface area contributed by atoms with Crippen LogP contribution in [0.2, 0.25) is 0 Å². The number of carbonyl (C=O) groups is 6. The van der Waals surface area contributed by atoms with Crippen LogP contribution in [0.3, 0.4) is 0 Å². The van der Waals surface area contributed by atoms with Crippen molar-refractivity contribution in [1.29, 1.82) is 0 Å². The average molecular weight is 472 g/mol.